The molecule has 8 heteroatoms. The number of sulfonamides is 1. The molecule has 0 saturated carbocycles. The van der Waals surface area contributed by atoms with Crippen molar-refractivity contribution in [1.82, 2.24) is 14.6 Å². The Kier molecular flexibility index (Phi) is 8.25. The predicted octanol–water partition coefficient (Wildman–Crippen LogP) is 4.71. The Balaban J connectivity index is 1.47. The molecule has 184 valence electrons. The number of fused-ring (bicyclic) bond motifs is 1. The number of nitrogens with one attached hydrogen (secondary N) is 1. The number of piperidine rings is 1. The summed E-state index contributed by atoms with van der Waals surface area (Å²) in [5, 5.41) is 1.81. The van der Waals surface area contributed by atoms with Crippen LogP contribution in [0.1, 0.15) is 39.0 Å². The number of nitrogens with zero attached hydrogens (tertiary/aromatic N) is 3. The molecule has 0 unspecified atom stereocenters. The van der Waals surface area contributed by atoms with Gasteiger partial charge in [-0.2, -0.15) is 4.72 Å². The fraction of sp³-hybridized carbons (Fsp3) is 0.370. The summed E-state index contributed by atoms with van der Waals surface area (Å²) in [6.45, 7) is 3.51. The summed E-state index contributed by atoms with van der Waals surface area (Å²) in [5.41, 5.74) is 0. The topological polar surface area (TPSA) is 91.7 Å². The van der Waals surface area contributed by atoms with Crippen LogP contribution < -0.4 is 4.72 Å². The SMILES string of the molecule is CC1CCN(C(=O)[C@H](CCCC=Nc2ccccn2)NS(=O)(=O)c2ccc3ccccc3c2)CC1. The second kappa shape index (κ2) is 11.6. The van der Waals surface area contributed by atoms with Crippen LogP contribution in [0.5, 0.6) is 0 Å². The summed E-state index contributed by atoms with van der Waals surface area (Å²) >= 11 is 0. The Morgan fingerprint density at radius 3 is 2.60 bits per heavy atom. The first-order valence-corrected chi connectivity index (χ1v) is 13.6. The number of aromatic nitrogens is 1. The quantitative estimate of drug-likeness (QED) is 0.346. The van der Waals surface area contributed by atoms with Crippen LogP contribution in [0.2, 0.25) is 0 Å². The van der Waals surface area contributed by atoms with Gasteiger partial charge in [0.25, 0.3) is 0 Å². The molecule has 1 fully saturated rings. The Bertz CT molecular complexity index is 1270. The zero-order valence-corrected chi connectivity index (χ0v) is 20.8. The van der Waals surface area contributed by atoms with Gasteiger partial charge in [0.15, 0.2) is 5.82 Å². The number of likely N-dealkylation sites (tertiary alicyclic amines) is 1. The van der Waals surface area contributed by atoms with E-state index in [0.29, 0.717) is 44.1 Å². The Labute approximate surface area is 207 Å². The van der Waals surface area contributed by atoms with E-state index in [-0.39, 0.29) is 10.8 Å². The monoisotopic (exact) mass is 492 g/mol. The van der Waals surface area contributed by atoms with Crippen molar-refractivity contribution in [3.05, 3.63) is 66.9 Å². The molecule has 2 heterocycles. The Morgan fingerprint density at radius 2 is 1.86 bits per heavy atom. The van der Waals surface area contributed by atoms with Gasteiger partial charge in [0, 0.05) is 25.5 Å². The minimum atomic E-state index is -3.87. The molecule has 1 aromatic heterocycles. The summed E-state index contributed by atoms with van der Waals surface area (Å²) in [7, 11) is -3.87. The molecule has 1 aliphatic rings. The van der Waals surface area contributed by atoms with Crippen molar-refractivity contribution in [2.24, 2.45) is 10.9 Å². The van der Waals surface area contributed by atoms with E-state index < -0.39 is 16.1 Å². The Morgan fingerprint density at radius 1 is 1.11 bits per heavy atom. The van der Waals surface area contributed by atoms with Gasteiger partial charge in [-0.1, -0.05) is 43.3 Å². The molecule has 0 aliphatic carbocycles. The highest BCUT2D eigenvalue weighted by molar-refractivity contribution is 7.89. The maximum absolute atomic E-state index is 13.4. The van der Waals surface area contributed by atoms with Gasteiger partial charge in [0.05, 0.1) is 4.90 Å². The third-order valence-electron chi connectivity index (χ3n) is 6.42. The minimum absolute atomic E-state index is 0.150. The average molecular weight is 493 g/mol. The third-order valence-corrected chi connectivity index (χ3v) is 7.89. The summed E-state index contributed by atoms with van der Waals surface area (Å²) in [4.78, 5) is 23.8. The second-order valence-electron chi connectivity index (χ2n) is 9.12. The van der Waals surface area contributed by atoms with E-state index in [0.717, 1.165) is 23.6 Å². The van der Waals surface area contributed by atoms with Gasteiger partial charge < -0.3 is 4.90 Å². The van der Waals surface area contributed by atoms with Crippen LogP contribution in [-0.4, -0.2) is 49.6 Å². The maximum Gasteiger partial charge on any atom is 0.241 e. The molecule has 1 aliphatic heterocycles. The van der Waals surface area contributed by atoms with Crippen LogP contribution >= 0.6 is 0 Å². The van der Waals surface area contributed by atoms with Gasteiger partial charge in [-0.15, -0.1) is 0 Å². The van der Waals surface area contributed by atoms with Gasteiger partial charge in [-0.25, -0.2) is 18.4 Å². The van der Waals surface area contributed by atoms with Crippen LogP contribution in [0.25, 0.3) is 10.8 Å². The first-order chi connectivity index (χ1) is 16.9. The van der Waals surface area contributed by atoms with Crippen LogP contribution in [0.15, 0.2) is 76.7 Å². The van der Waals surface area contributed by atoms with Crippen LogP contribution in [0, 0.1) is 5.92 Å². The van der Waals surface area contributed by atoms with E-state index in [2.05, 4.69) is 21.6 Å². The number of pyridine rings is 1. The molecule has 1 atom stereocenters. The summed E-state index contributed by atoms with van der Waals surface area (Å²) in [6, 6.07) is 17.4. The predicted molar refractivity (Wildman–Crippen MR) is 139 cm³/mol. The molecule has 7 nitrogen and oxygen atoms in total. The van der Waals surface area contributed by atoms with E-state index in [1.165, 1.54) is 0 Å². The lowest BCUT2D eigenvalue weighted by Gasteiger charge is -2.33. The van der Waals surface area contributed by atoms with E-state index in [1.807, 2.05) is 42.5 Å². The number of carbonyl (C=O) groups is 1. The minimum Gasteiger partial charge on any atom is -0.341 e. The first-order valence-electron chi connectivity index (χ1n) is 12.2. The van der Waals surface area contributed by atoms with Gasteiger partial charge in [0.1, 0.15) is 6.04 Å². The summed E-state index contributed by atoms with van der Waals surface area (Å²) < 4.78 is 29.3. The molecular formula is C27H32N4O3S. The highest BCUT2D eigenvalue weighted by atomic mass is 32.2. The zero-order chi connectivity index (χ0) is 24.7. The normalized spacial score (nSPS) is 16.1. The van der Waals surface area contributed by atoms with Gasteiger partial charge in [0.2, 0.25) is 15.9 Å². The van der Waals surface area contributed by atoms with Gasteiger partial charge in [-0.3, -0.25) is 4.79 Å². The molecule has 1 saturated heterocycles. The molecule has 3 aromatic rings. The van der Waals surface area contributed by atoms with Crippen molar-refractivity contribution < 1.29 is 13.2 Å². The van der Waals surface area contributed by atoms with Crippen molar-refractivity contribution in [1.29, 1.82) is 0 Å². The van der Waals surface area contributed by atoms with Crippen molar-refractivity contribution in [3.63, 3.8) is 0 Å². The number of unbranched alkanes of at least 4 members (excludes halogenated alkanes) is 1. The highest BCUT2D eigenvalue weighted by Gasteiger charge is 2.30. The van der Waals surface area contributed by atoms with Crippen molar-refractivity contribution in [3.8, 4) is 0 Å². The summed E-state index contributed by atoms with van der Waals surface area (Å²) in [6.07, 6.45) is 6.96. The molecule has 0 bridgehead atoms. The Hall–Kier alpha value is -3.10. The van der Waals surface area contributed by atoms with Gasteiger partial charge in [-0.05, 0) is 73.1 Å². The fourth-order valence-corrected chi connectivity index (χ4v) is 5.53. The average Bonchev–Trinajstić information content (AvgIpc) is 2.88. The highest BCUT2D eigenvalue weighted by Crippen LogP contribution is 2.21. The maximum atomic E-state index is 13.4. The molecule has 4 rings (SSSR count). The third kappa shape index (κ3) is 6.74. The van der Waals surface area contributed by atoms with E-state index in [1.54, 1.807) is 35.5 Å². The number of amides is 1. The zero-order valence-electron chi connectivity index (χ0n) is 20.0. The number of aliphatic imine (C=N–C) groups is 1. The lowest BCUT2D eigenvalue weighted by molar-refractivity contribution is -0.134. The van der Waals surface area contributed by atoms with Crippen LogP contribution in [0.3, 0.4) is 0 Å². The first kappa shape index (κ1) is 25.0. The lowest BCUT2D eigenvalue weighted by atomic mass is 9.98. The van der Waals surface area contributed by atoms with Crippen molar-refractivity contribution in [2.45, 2.75) is 50.0 Å². The van der Waals surface area contributed by atoms with Crippen LogP contribution in [0.4, 0.5) is 5.82 Å². The summed E-state index contributed by atoms with van der Waals surface area (Å²) in [5.74, 6) is 1.05. The number of hydrogen-bond acceptors (Lipinski definition) is 5. The van der Waals surface area contributed by atoms with E-state index in [4.69, 9.17) is 0 Å². The lowest BCUT2D eigenvalue weighted by Crippen LogP contribution is -2.50. The molecule has 1 N–H and O–H groups in total. The van der Waals surface area contributed by atoms with E-state index >= 15 is 0 Å². The number of carbonyl (C=O) groups excluding carboxylic acids is 1. The number of rotatable bonds is 9. The van der Waals surface area contributed by atoms with Crippen LogP contribution in [-0.2, 0) is 14.8 Å². The molecule has 35 heavy (non-hydrogen) atoms. The molecule has 0 radical (unpaired) electrons. The van der Waals surface area contributed by atoms with E-state index in [9.17, 15) is 13.2 Å². The standard InChI is InChI=1S/C27H32N4O3S/c1-21-14-18-31(19-15-21)27(32)25(10-4-6-16-28-26-11-5-7-17-29-26)30-35(33,34)24-13-12-22-8-2-3-9-23(22)20-24/h2-3,5,7-9,11-13,16-17,20-21,25,30H,4,6,10,14-15,18-19H2,1H3/t25-/m0/s1. The fourth-order valence-electron chi connectivity index (χ4n) is 4.27. The van der Waals surface area contributed by atoms with Crippen molar-refractivity contribution in [2.75, 3.05) is 13.1 Å². The molecular weight excluding hydrogens is 460 g/mol. The molecule has 2 aromatic carbocycles. The second-order valence-corrected chi connectivity index (χ2v) is 10.8. The largest absolute Gasteiger partial charge is 0.341 e. The van der Waals surface area contributed by atoms with Crippen molar-refractivity contribution >= 4 is 38.7 Å². The molecule has 1 amide bonds. The van der Waals surface area contributed by atoms with Gasteiger partial charge >= 0.3 is 0 Å². The number of hydrogen-bond donors (Lipinski definition) is 1. The molecule has 0 spiro atoms. The smallest absolute Gasteiger partial charge is 0.241 e. The number of benzene rings is 2.